The normalized spacial score (nSPS) is 22.4. The molecule has 1 unspecified atom stereocenters. The van der Waals surface area contributed by atoms with Gasteiger partial charge in [0, 0.05) is 12.0 Å². The van der Waals surface area contributed by atoms with Crippen molar-refractivity contribution in [3.8, 4) is 5.75 Å². The Labute approximate surface area is 140 Å². The van der Waals surface area contributed by atoms with Gasteiger partial charge in [0.25, 0.3) is 0 Å². The molecule has 0 N–H and O–H groups in total. The molecule has 0 saturated carbocycles. The first-order valence-corrected chi connectivity index (χ1v) is 9.03. The lowest BCUT2D eigenvalue weighted by atomic mass is 9.74. The Hall–Kier alpha value is -0.710. The Morgan fingerprint density at radius 3 is 2.73 bits per heavy atom. The number of benzene rings is 1. The minimum absolute atomic E-state index is 0.252. The Balaban J connectivity index is 0.00000116. The lowest BCUT2D eigenvalue weighted by Gasteiger charge is -2.35. The first kappa shape index (κ1) is 19.3. The summed E-state index contributed by atoms with van der Waals surface area (Å²) in [5.41, 5.74) is 1.64. The van der Waals surface area contributed by atoms with E-state index in [1.54, 1.807) is 7.11 Å². The number of rotatable bonds is 5. The summed E-state index contributed by atoms with van der Waals surface area (Å²) in [6.07, 6.45) is 5.02. The van der Waals surface area contributed by atoms with Gasteiger partial charge in [-0.1, -0.05) is 39.3 Å². The highest BCUT2D eigenvalue weighted by atomic mass is 32.2. The van der Waals surface area contributed by atoms with Gasteiger partial charge < -0.3 is 9.08 Å². The minimum atomic E-state index is 0.252. The van der Waals surface area contributed by atoms with E-state index < -0.39 is 0 Å². The van der Waals surface area contributed by atoms with Gasteiger partial charge in [0.15, 0.2) is 0 Å². The van der Waals surface area contributed by atoms with Crippen molar-refractivity contribution in [2.24, 2.45) is 0 Å². The van der Waals surface area contributed by atoms with E-state index in [9.17, 15) is 0 Å². The number of hydrogen-bond acceptors (Lipinski definition) is 4. The summed E-state index contributed by atoms with van der Waals surface area (Å²) in [5, 5.41) is 0. The number of likely N-dealkylation sites (N-methyl/N-ethyl adjacent to an activating group) is 1. The fraction of sp³-hybridized carbons (Fsp3) is 0.667. The summed E-state index contributed by atoms with van der Waals surface area (Å²) in [6.45, 7) is 8.64. The lowest BCUT2D eigenvalue weighted by Crippen LogP contribution is -2.37. The molecule has 1 saturated heterocycles. The van der Waals surface area contributed by atoms with Crippen molar-refractivity contribution in [1.82, 2.24) is 4.90 Å². The molecule has 1 aliphatic rings. The van der Waals surface area contributed by atoms with Crippen LogP contribution in [-0.4, -0.2) is 32.1 Å². The van der Waals surface area contributed by atoms with Gasteiger partial charge in [-0.2, -0.15) is 0 Å². The average molecular weight is 326 g/mol. The average Bonchev–Trinajstić information content (AvgIpc) is 2.77. The summed E-state index contributed by atoms with van der Waals surface area (Å²) in [7, 11) is 3.85. The van der Waals surface area contributed by atoms with Crippen molar-refractivity contribution >= 4 is 12.3 Å². The first-order valence-electron chi connectivity index (χ1n) is 8.36. The molecule has 0 spiro atoms. The van der Waals surface area contributed by atoms with Gasteiger partial charge in [-0.25, -0.2) is 0 Å². The minimum Gasteiger partial charge on any atom is -0.400 e. The molecule has 1 atom stereocenters. The van der Waals surface area contributed by atoms with Gasteiger partial charge in [0.05, 0.1) is 7.11 Å². The van der Waals surface area contributed by atoms with Crippen LogP contribution in [0.1, 0.15) is 52.0 Å². The molecule has 1 aliphatic heterocycles. The summed E-state index contributed by atoms with van der Waals surface area (Å²) in [5.74, 6) is 0.870. The highest BCUT2D eigenvalue weighted by molar-refractivity contribution is 7.90. The van der Waals surface area contributed by atoms with Gasteiger partial charge in [-0.3, -0.25) is 4.18 Å². The zero-order valence-electron chi connectivity index (χ0n) is 14.7. The largest absolute Gasteiger partial charge is 0.400 e. The van der Waals surface area contributed by atoms with Crippen LogP contribution >= 0.6 is 12.3 Å². The van der Waals surface area contributed by atoms with E-state index in [2.05, 4.69) is 37.1 Å². The fourth-order valence-corrected chi connectivity index (χ4v) is 3.45. The van der Waals surface area contributed by atoms with E-state index in [1.807, 2.05) is 19.9 Å². The quantitative estimate of drug-likeness (QED) is 0.705. The predicted octanol–water partition coefficient (Wildman–Crippen LogP) is 5.06. The van der Waals surface area contributed by atoms with E-state index in [-0.39, 0.29) is 5.41 Å². The highest BCUT2D eigenvalue weighted by Gasteiger charge is 2.33. The molecule has 3 nitrogen and oxygen atoms in total. The van der Waals surface area contributed by atoms with Crippen LogP contribution in [0.4, 0.5) is 0 Å². The van der Waals surface area contributed by atoms with Crippen LogP contribution in [0.2, 0.25) is 0 Å². The highest BCUT2D eigenvalue weighted by Crippen LogP contribution is 2.37. The van der Waals surface area contributed by atoms with Gasteiger partial charge in [-0.15, -0.1) is 0 Å². The Morgan fingerprint density at radius 1 is 1.27 bits per heavy atom. The molecule has 0 radical (unpaired) electrons. The SMILES string of the molecule is CC.CCC1(c2cccc(OSOC)c2)CCCCN(C)C1. The number of likely N-dealkylation sites (tertiary alicyclic amines) is 1. The number of hydrogen-bond donors (Lipinski definition) is 0. The molecule has 0 aliphatic carbocycles. The van der Waals surface area contributed by atoms with Gasteiger partial charge in [0.2, 0.25) is 12.3 Å². The van der Waals surface area contributed by atoms with Gasteiger partial charge in [0.1, 0.15) is 5.75 Å². The van der Waals surface area contributed by atoms with Crippen LogP contribution in [0.15, 0.2) is 24.3 Å². The molecule has 22 heavy (non-hydrogen) atoms. The van der Waals surface area contributed by atoms with Crippen molar-refractivity contribution in [3.05, 3.63) is 29.8 Å². The van der Waals surface area contributed by atoms with Crippen LogP contribution in [0.5, 0.6) is 5.75 Å². The summed E-state index contributed by atoms with van der Waals surface area (Å²) < 4.78 is 10.4. The fourth-order valence-electron chi connectivity index (χ4n) is 3.20. The van der Waals surface area contributed by atoms with Crippen molar-refractivity contribution in [2.45, 2.75) is 51.9 Å². The molecular weight excluding hydrogens is 294 g/mol. The second-order valence-corrected chi connectivity index (χ2v) is 6.31. The molecule has 0 bridgehead atoms. The second kappa shape index (κ2) is 10.1. The molecule has 0 aromatic heterocycles. The van der Waals surface area contributed by atoms with E-state index in [0.29, 0.717) is 0 Å². The molecule has 126 valence electrons. The lowest BCUT2D eigenvalue weighted by molar-refractivity contribution is 0.256. The number of nitrogens with zero attached hydrogens (tertiary/aromatic N) is 1. The maximum absolute atomic E-state index is 5.52. The van der Waals surface area contributed by atoms with Crippen LogP contribution in [0.3, 0.4) is 0 Å². The topological polar surface area (TPSA) is 21.7 Å². The Kier molecular flexibility index (Phi) is 8.91. The zero-order chi connectivity index (χ0) is 16.4. The molecule has 0 amide bonds. The molecule has 2 rings (SSSR count). The van der Waals surface area contributed by atoms with Crippen LogP contribution in [0.25, 0.3) is 0 Å². The van der Waals surface area contributed by atoms with E-state index in [1.165, 1.54) is 31.4 Å². The first-order chi connectivity index (χ1) is 10.7. The van der Waals surface area contributed by atoms with Crippen LogP contribution in [-0.2, 0) is 9.60 Å². The van der Waals surface area contributed by atoms with Crippen molar-refractivity contribution in [3.63, 3.8) is 0 Å². The molecule has 1 aromatic carbocycles. The van der Waals surface area contributed by atoms with E-state index in [4.69, 9.17) is 8.37 Å². The second-order valence-electron chi connectivity index (χ2n) is 5.67. The Bertz CT molecular complexity index is 427. The van der Waals surface area contributed by atoms with Gasteiger partial charge in [-0.05, 0) is 50.6 Å². The zero-order valence-corrected chi connectivity index (χ0v) is 15.5. The van der Waals surface area contributed by atoms with Crippen molar-refractivity contribution < 1.29 is 8.37 Å². The third-order valence-electron chi connectivity index (χ3n) is 4.34. The maximum Gasteiger partial charge on any atom is 0.225 e. The van der Waals surface area contributed by atoms with Crippen LogP contribution < -0.4 is 4.18 Å². The van der Waals surface area contributed by atoms with Crippen molar-refractivity contribution in [1.29, 1.82) is 0 Å². The standard InChI is InChI=1S/C16H25NO2S.C2H6/c1-4-16(10-5-6-11-17(2)13-16)14-8-7-9-15(12-14)19-20-18-3;1-2/h7-9,12H,4-6,10-11,13H2,1-3H3;1-2H3. The molecular formula is C18H31NO2S. The summed E-state index contributed by atoms with van der Waals surface area (Å²) in [4.78, 5) is 2.47. The van der Waals surface area contributed by atoms with E-state index in [0.717, 1.165) is 31.0 Å². The molecule has 4 heteroatoms. The molecule has 1 fully saturated rings. The van der Waals surface area contributed by atoms with E-state index >= 15 is 0 Å². The monoisotopic (exact) mass is 325 g/mol. The molecule has 1 aromatic rings. The third-order valence-corrected chi connectivity index (χ3v) is 4.74. The predicted molar refractivity (Wildman–Crippen MR) is 96.3 cm³/mol. The Morgan fingerprint density at radius 2 is 2.05 bits per heavy atom. The van der Waals surface area contributed by atoms with Crippen molar-refractivity contribution in [2.75, 3.05) is 27.2 Å². The summed E-state index contributed by atoms with van der Waals surface area (Å²) >= 11 is 1.02. The third kappa shape index (κ3) is 5.18. The summed E-state index contributed by atoms with van der Waals surface area (Å²) in [6, 6.07) is 8.49. The van der Waals surface area contributed by atoms with Crippen LogP contribution in [0, 0.1) is 0 Å². The maximum atomic E-state index is 5.52. The molecule has 1 heterocycles. The van der Waals surface area contributed by atoms with Gasteiger partial charge >= 0.3 is 0 Å². The smallest absolute Gasteiger partial charge is 0.225 e.